The highest BCUT2D eigenvalue weighted by atomic mass is 32.2. The Bertz CT molecular complexity index is 788. The summed E-state index contributed by atoms with van der Waals surface area (Å²) in [7, 11) is -3.43. The highest BCUT2D eigenvalue weighted by Crippen LogP contribution is 2.66. The van der Waals surface area contributed by atoms with E-state index < -0.39 is 9.84 Å². The minimum absolute atomic E-state index is 0.0226. The van der Waals surface area contributed by atoms with Gasteiger partial charge in [0.05, 0.1) is 11.3 Å². The van der Waals surface area contributed by atoms with Crippen LogP contribution in [0, 0.1) is 5.41 Å². The van der Waals surface area contributed by atoms with Gasteiger partial charge in [-0.1, -0.05) is 13.8 Å². The smallest absolute Gasteiger partial charge is 0.221 e. The monoisotopic (exact) mass is 337 g/mol. The maximum atomic E-state index is 11.7. The Labute approximate surface area is 137 Å². The number of epoxide rings is 1. The molecule has 2 N–H and O–H groups in total. The number of aromatic nitrogens is 2. The molecule has 126 valence electrons. The molecule has 2 aliphatic rings. The van der Waals surface area contributed by atoms with Gasteiger partial charge in [0.25, 0.3) is 0 Å². The van der Waals surface area contributed by atoms with Crippen molar-refractivity contribution in [1.82, 2.24) is 9.97 Å². The highest BCUT2D eigenvalue weighted by Gasteiger charge is 2.73. The standard InChI is InChI=1S/C16H23N3O3S/c1-14(2)7-5-8-15(3)16(14,22-15)9-6-11-10-12(23(4,20)21)19-13(17)18-11/h6,9-10H,5,7-8H2,1-4H3,(H2,17,18,19)/b9-6+. The number of sulfone groups is 1. The molecule has 7 heteroatoms. The zero-order chi connectivity index (χ0) is 17.1. The van der Waals surface area contributed by atoms with Gasteiger partial charge in [-0.2, -0.15) is 0 Å². The van der Waals surface area contributed by atoms with Crippen molar-refractivity contribution in [3.05, 3.63) is 17.8 Å². The lowest BCUT2D eigenvalue weighted by Crippen LogP contribution is -2.41. The molecule has 2 heterocycles. The number of nitrogens with zero attached hydrogens (tertiary/aromatic N) is 2. The van der Waals surface area contributed by atoms with Crippen molar-refractivity contribution in [1.29, 1.82) is 0 Å². The Kier molecular flexibility index (Phi) is 3.40. The number of rotatable bonds is 3. The Morgan fingerprint density at radius 2 is 1.96 bits per heavy atom. The number of nitrogen functional groups attached to an aromatic ring is 1. The largest absolute Gasteiger partial charge is 0.368 e. The van der Waals surface area contributed by atoms with Gasteiger partial charge in [-0.05, 0) is 38.3 Å². The number of fused-ring (bicyclic) bond motifs is 1. The summed E-state index contributed by atoms with van der Waals surface area (Å²) in [6, 6.07) is 1.44. The summed E-state index contributed by atoms with van der Waals surface area (Å²) in [6.07, 6.45) is 8.18. The van der Waals surface area contributed by atoms with Crippen molar-refractivity contribution in [2.24, 2.45) is 5.41 Å². The molecule has 3 rings (SSSR count). The molecule has 2 atom stereocenters. The van der Waals surface area contributed by atoms with E-state index in [1.165, 1.54) is 6.07 Å². The molecule has 0 amide bonds. The molecule has 1 aliphatic heterocycles. The third-order valence-electron chi connectivity index (χ3n) is 5.20. The molecule has 1 aliphatic carbocycles. The third-order valence-corrected chi connectivity index (χ3v) is 6.17. The maximum Gasteiger partial charge on any atom is 0.221 e. The van der Waals surface area contributed by atoms with E-state index in [0.717, 1.165) is 25.5 Å². The minimum Gasteiger partial charge on any atom is -0.368 e. The van der Waals surface area contributed by atoms with Crippen LogP contribution in [0.2, 0.25) is 0 Å². The van der Waals surface area contributed by atoms with Gasteiger partial charge < -0.3 is 10.5 Å². The molecule has 0 aromatic carbocycles. The fourth-order valence-electron chi connectivity index (χ4n) is 3.85. The lowest BCUT2D eigenvalue weighted by Gasteiger charge is -2.36. The Balaban J connectivity index is 1.97. The predicted molar refractivity (Wildman–Crippen MR) is 88.4 cm³/mol. The number of nitrogens with two attached hydrogens (primary N) is 1. The van der Waals surface area contributed by atoms with E-state index in [1.54, 1.807) is 6.08 Å². The second kappa shape index (κ2) is 4.77. The minimum atomic E-state index is -3.43. The van der Waals surface area contributed by atoms with E-state index in [2.05, 4.69) is 30.7 Å². The van der Waals surface area contributed by atoms with Crippen LogP contribution in [0.25, 0.3) is 6.08 Å². The molecule has 1 saturated heterocycles. The van der Waals surface area contributed by atoms with Gasteiger partial charge in [0.15, 0.2) is 14.9 Å². The predicted octanol–water partition coefficient (Wildman–Crippen LogP) is 2.21. The second-order valence-electron chi connectivity index (χ2n) is 7.40. The molecule has 0 bridgehead atoms. The molecular formula is C16H23N3O3S. The van der Waals surface area contributed by atoms with E-state index in [0.29, 0.717) is 5.69 Å². The van der Waals surface area contributed by atoms with Crippen molar-refractivity contribution in [3.63, 3.8) is 0 Å². The summed E-state index contributed by atoms with van der Waals surface area (Å²) in [6.45, 7) is 6.55. The van der Waals surface area contributed by atoms with Crippen molar-refractivity contribution < 1.29 is 13.2 Å². The van der Waals surface area contributed by atoms with Crippen LogP contribution in [0.5, 0.6) is 0 Å². The summed E-state index contributed by atoms with van der Waals surface area (Å²) in [5.74, 6) is -0.0487. The lowest BCUT2D eigenvalue weighted by molar-refractivity contribution is 0.166. The molecular weight excluding hydrogens is 314 g/mol. The molecule has 23 heavy (non-hydrogen) atoms. The average molecular weight is 337 g/mol. The zero-order valence-electron chi connectivity index (χ0n) is 14.0. The van der Waals surface area contributed by atoms with Gasteiger partial charge in [-0.15, -0.1) is 0 Å². The van der Waals surface area contributed by atoms with Crippen molar-refractivity contribution in [3.8, 4) is 0 Å². The molecule has 2 unspecified atom stereocenters. The molecule has 1 aromatic rings. The highest BCUT2D eigenvalue weighted by molar-refractivity contribution is 7.90. The third kappa shape index (κ3) is 2.55. The fourth-order valence-corrected chi connectivity index (χ4v) is 4.44. The van der Waals surface area contributed by atoms with Crippen LogP contribution in [0.1, 0.15) is 45.7 Å². The van der Waals surface area contributed by atoms with Crippen LogP contribution in [-0.4, -0.2) is 35.8 Å². The van der Waals surface area contributed by atoms with Crippen LogP contribution in [0.4, 0.5) is 5.95 Å². The summed E-state index contributed by atoms with van der Waals surface area (Å²) in [4.78, 5) is 7.90. The zero-order valence-corrected chi connectivity index (χ0v) is 14.8. The van der Waals surface area contributed by atoms with Gasteiger partial charge in [0.1, 0.15) is 5.60 Å². The van der Waals surface area contributed by atoms with E-state index in [9.17, 15) is 8.42 Å². The Hall–Kier alpha value is -1.47. The molecule has 0 radical (unpaired) electrons. The average Bonchev–Trinajstić information content (AvgIpc) is 3.03. The summed E-state index contributed by atoms with van der Waals surface area (Å²) >= 11 is 0. The van der Waals surface area contributed by atoms with Crippen molar-refractivity contribution in [2.75, 3.05) is 12.0 Å². The van der Waals surface area contributed by atoms with Crippen LogP contribution in [-0.2, 0) is 14.6 Å². The van der Waals surface area contributed by atoms with Crippen LogP contribution in [0.15, 0.2) is 17.2 Å². The van der Waals surface area contributed by atoms with Crippen LogP contribution < -0.4 is 5.73 Å². The number of anilines is 1. The normalized spacial score (nSPS) is 32.7. The van der Waals surface area contributed by atoms with E-state index >= 15 is 0 Å². The molecule has 6 nitrogen and oxygen atoms in total. The summed E-state index contributed by atoms with van der Waals surface area (Å²) in [5.41, 5.74) is 5.66. The van der Waals surface area contributed by atoms with E-state index in [1.807, 2.05) is 6.08 Å². The topological polar surface area (TPSA) is 98.5 Å². The van der Waals surface area contributed by atoms with Gasteiger partial charge in [-0.25, -0.2) is 18.4 Å². The first-order chi connectivity index (χ1) is 10.5. The molecule has 0 spiro atoms. The van der Waals surface area contributed by atoms with Crippen molar-refractivity contribution in [2.45, 2.75) is 56.3 Å². The van der Waals surface area contributed by atoms with Crippen molar-refractivity contribution >= 4 is 21.9 Å². The number of hydrogen-bond donors (Lipinski definition) is 1. The van der Waals surface area contributed by atoms with Gasteiger partial charge in [0.2, 0.25) is 5.95 Å². The van der Waals surface area contributed by atoms with Gasteiger partial charge in [0, 0.05) is 17.7 Å². The maximum absolute atomic E-state index is 11.7. The van der Waals surface area contributed by atoms with Crippen LogP contribution in [0.3, 0.4) is 0 Å². The summed E-state index contributed by atoms with van der Waals surface area (Å²) < 4.78 is 29.5. The van der Waals surface area contributed by atoms with Gasteiger partial charge in [-0.3, -0.25) is 0 Å². The molecule has 1 aromatic heterocycles. The number of hydrogen-bond acceptors (Lipinski definition) is 6. The lowest BCUT2D eigenvalue weighted by atomic mass is 9.64. The Morgan fingerprint density at radius 1 is 1.26 bits per heavy atom. The Morgan fingerprint density at radius 3 is 2.57 bits per heavy atom. The number of ether oxygens (including phenoxy) is 1. The molecule has 2 fully saturated rings. The first-order valence-corrected chi connectivity index (χ1v) is 9.62. The second-order valence-corrected chi connectivity index (χ2v) is 9.36. The van der Waals surface area contributed by atoms with E-state index in [4.69, 9.17) is 10.5 Å². The summed E-state index contributed by atoms with van der Waals surface area (Å²) in [5, 5.41) is -0.0652. The van der Waals surface area contributed by atoms with Crippen LogP contribution >= 0.6 is 0 Å². The van der Waals surface area contributed by atoms with Gasteiger partial charge >= 0.3 is 0 Å². The first kappa shape index (κ1) is 16.4. The van der Waals surface area contributed by atoms with E-state index in [-0.39, 0.29) is 27.6 Å². The first-order valence-electron chi connectivity index (χ1n) is 7.73. The fraction of sp³-hybridized carbons (Fsp3) is 0.625. The SMILES string of the molecule is CC1(C)CCCC2(C)OC12/C=C/c1cc(S(C)(=O)=O)nc(N)n1. The molecule has 1 saturated carbocycles. The quantitative estimate of drug-likeness (QED) is 0.671.